The van der Waals surface area contributed by atoms with Gasteiger partial charge in [0, 0.05) is 5.56 Å². The lowest BCUT2D eigenvalue weighted by Gasteiger charge is -2.20. The maximum absolute atomic E-state index is 14.0. The van der Waals surface area contributed by atoms with E-state index in [-0.39, 0.29) is 31.1 Å². The predicted octanol–water partition coefficient (Wildman–Crippen LogP) is 6.42. The van der Waals surface area contributed by atoms with Crippen LogP contribution in [0.3, 0.4) is 0 Å². The highest BCUT2D eigenvalue weighted by Crippen LogP contribution is 2.40. The number of carbonyl (C=O) groups is 2. The number of carbonyl (C=O) groups excluding carboxylic acids is 2. The van der Waals surface area contributed by atoms with E-state index in [1.807, 2.05) is 5.32 Å². The van der Waals surface area contributed by atoms with Gasteiger partial charge in [-0.15, -0.1) is 0 Å². The van der Waals surface area contributed by atoms with Gasteiger partial charge in [0.05, 0.1) is 11.1 Å². The molecule has 2 aromatic carbocycles. The van der Waals surface area contributed by atoms with E-state index in [9.17, 15) is 62.3 Å². The van der Waals surface area contributed by atoms with Crippen molar-refractivity contribution in [2.24, 2.45) is 0 Å². The summed E-state index contributed by atoms with van der Waals surface area (Å²) in [5.41, 5.74) is -6.53. The fraction of sp³-hybridized carbons (Fsp3) is 0.333. The topological polar surface area (TPSA) is 58.2 Å². The maximum atomic E-state index is 14.0. The molecule has 16 heteroatoms. The molecule has 0 radical (unpaired) electrons. The maximum Gasteiger partial charge on any atom is 0.417 e. The Kier molecular flexibility index (Phi) is 8.23. The zero-order valence-electron chi connectivity index (χ0n) is 19.6. The summed E-state index contributed by atoms with van der Waals surface area (Å²) in [6.45, 7) is -1.74. The number of amides is 2. The molecular weight excluding hydrogens is 576 g/mol. The van der Waals surface area contributed by atoms with Crippen molar-refractivity contribution in [3.63, 3.8) is 0 Å². The molecule has 1 fully saturated rings. The lowest BCUT2D eigenvalue weighted by Crippen LogP contribution is -2.51. The lowest BCUT2D eigenvalue weighted by atomic mass is 9.95. The Hall–Kier alpha value is -3.72. The summed E-state index contributed by atoms with van der Waals surface area (Å²) < 4.78 is 160. The third-order valence-corrected chi connectivity index (χ3v) is 5.81. The Balaban J connectivity index is 1.91. The molecule has 218 valence electrons. The van der Waals surface area contributed by atoms with Crippen LogP contribution in [0.1, 0.15) is 45.8 Å². The zero-order valence-corrected chi connectivity index (χ0v) is 19.6. The van der Waals surface area contributed by atoms with Crippen molar-refractivity contribution in [1.29, 1.82) is 0 Å². The second-order valence-electron chi connectivity index (χ2n) is 8.78. The standard InChI is InChI=1S/C24H16F12N2O2/c25-16-6-4-12(17(26)18(16)27)14(23(31,32)33)5-2-11-1-3-13(15(9-11)24(34,35)36)19(39)38-21(7-8-21)20(40)37-10-22(28,29)30/h1-6,9,14H,7-8,10H2,(H,37,40)(H,38,39)/b5-2+. The van der Waals surface area contributed by atoms with E-state index in [2.05, 4.69) is 0 Å². The number of allylic oxidation sites excluding steroid dienone is 1. The van der Waals surface area contributed by atoms with E-state index in [0.29, 0.717) is 18.2 Å². The Bertz CT molecular complexity index is 1320. The van der Waals surface area contributed by atoms with E-state index in [1.54, 1.807) is 0 Å². The molecule has 1 atom stereocenters. The third kappa shape index (κ3) is 7.07. The van der Waals surface area contributed by atoms with Crippen molar-refractivity contribution in [2.75, 3.05) is 6.54 Å². The molecule has 3 rings (SSSR count). The molecule has 0 bridgehead atoms. The number of hydrogen-bond acceptors (Lipinski definition) is 2. The van der Waals surface area contributed by atoms with Crippen LogP contribution in [0.4, 0.5) is 52.7 Å². The second-order valence-corrected chi connectivity index (χ2v) is 8.78. The lowest BCUT2D eigenvalue weighted by molar-refractivity contribution is -0.140. The van der Waals surface area contributed by atoms with E-state index in [1.165, 1.54) is 5.32 Å². The van der Waals surface area contributed by atoms with Gasteiger partial charge in [0.1, 0.15) is 18.0 Å². The fourth-order valence-electron chi connectivity index (χ4n) is 3.64. The number of hydrogen-bond donors (Lipinski definition) is 2. The van der Waals surface area contributed by atoms with Gasteiger partial charge in [-0.3, -0.25) is 9.59 Å². The normalized spacial score (nSPS) is 16.1. The SMILES string of the molecule is O=C(NC1(C(=O)NCC(F)(F)F)CC1)c1ccc(/C=C/C(c2ccc(F)c(F)c2F)C(F)(F)F)cc1C(F)(F)F. The molecule has 1 unspecified atom stereocenters. The van der Waals surface area contributed by atoms with Gasteiger partial charge >= 0.3 is 18.5 Å². The minimum atomic E-state index is -5.28. The first-order valence-corrected chi connectivity index (χ1v) is 11.0. The fourth-order valence-corrected chi connectivity index (χ4v) is 3.64. The molecule has 40 heavy (non-hydrogen) atoms. The van der Waals surface area contributed by atoms with Gasteiger partial charge in [0.25, 0.3) is 5.91 Å². The Morgan fingerprint density at radius 3 is 2.05 bits per heavy atom. The van der Waals surface area contributed by atoms with Crippen molar-refractivity contribution >= 4 is 17.9 Å². The summed E-state index contributed by atoms with van der Waals surface area (Å²) in [6, 6.07) is 2.17. The van der Waals surface area contributed by atoms with Crippen molar-refractivity contribution in [2.45, 2.75) is 42.8 Å². The van der Waals surface area contributed by atoms with Gasteiger partial charge in [-0.05, 0) is 36.6 Å². The second kappa shape index (κ2) is 10.7. The third-order valence-electron chi connectivity index (χ3n) is 5.81. The molecule has 2 aromatic rings. The molecule has 1 aliphatic carbocycles. The molecule has 4 nitrogen and oxygen atoms in total. The number of nitrogens with one attached hydrogen (secondary N) is 2. The predicted molar refractivity (Wildman–Crippen MR) is 114 cm³/mol. The van der Waals surface area contributed by atoms with Gasteiger partial charge in [-0.2, -0.15) is 39.5 Å². The summed E-state index contributed by atoms with van der Waals surface area (Å²) in [5, 5.41) is 3.49. The molecule has 2 N–H and O–H groups in total. The smallest absolute Gasteiger partial charge is 0.345 e. The van der Waals surface area contributed by atoms with Crippen molar-refractivity contribution in [1.82, 2.24) is 10.6 Å². The number of alkyl halides is 9. The summed E-state index contributed by atoms with van der Waals surface area (Å²) >= 11 is 0. The molecule has 0 spiro atoms. The van der Waals surface area contributed by atoms with Crippen LogP contribution in [-0.2, 0) is 11.0 Å². The van der Waals surface area contributed by atoms with Gasteiger partial charge in [0.2, 0.25) is 5.91 Å². The molecule has 0 aliphatic heterocycles. The highest BCUT2D eigenvalue weighted by molar-refractivity contribution is 6.01. The van der Waals surface area contributed by atoms with Crippen molar-refractivity contribution in [3.05, 3.63) is 76.1 Å². The van der Waals surface area contributed by atoms with E-state index >= 15 is 0 Å². The van der Waals surface area contributed by atoms with Crippen LogP contribution in [0.25, 0.3) is 6.08 Å². The van der Waals surface area contributed by atoms with Gasteiger partial charge < -0.3 is 10.6 Å². The number of halogens is 12. The Morgan fingerprint density at radius 1 is 0.900 bits per heavy atom. The van der Waals surface area contributed by atoms with Crippen LogP contribution in [0.2, 0.25) is 0 Å². The van der Waals surface area contributed by atoms with Crippen LogP contribution in [-0.4, -0.2) is 36.3 Å². The molecule has 1 aliphatic rings. The minimum absolute atomic E-state index is 0.163. The molecule has 2 amide bonds. The van der Waals surface area contributed by atoms with Gasteiger partial charge in [-0.1, -0.05) is 24.3 Å². The molecule has 0 saturated heterocycles. The highest BCUT2D eigenvalue weighted by Gasteiger charge is 2.52. The molecule has 1 saturated carbocycles. The summed E-state index contributed by atoms with van der Waals surface area (Å²) in [7, 11) is 0. The van der Waals surface area contributed by atoms with Crippen LogP contribution in [0.5, 0.6) is 0 Å². The summed E-state index contributed by atoms with van der Waals surface area (Å²) in [4.78, 5) is 24.6. The van der Waals surface area contributed by atoms with E-state index < -0.39 is 88.1 Å². The summed E-state index contributed by atoms with van der Waals surface area (Å²) in [6.07, 6.45) is -15.0. The average Bonchev–Trinajstić information content (AvgIpc) is 3.61. The minimum Gasteiger partial charge on any atom is -0.345 e. The van der Waals surface area contributed by atoms with Crippen LogP contribution < -0.4 is 10.6 Å². The van der Waals surface area contributed by atoms with Gasteiger partial charge in [-0.25, -0.2) is 13.2 Å². The first kappa shape index (κ1) is 30.8. The largest absolute Gasteiger partial charge is 0.417 e. The molecule has 0 aromatic heterocycles. The number of benzene rings is 2. The first-order chi connectivity index (χ1) is 18.2. The first-order valence-electron chi connectivity index (χ1n) is 11.0. The number of rotatable bonds is 7. The Morgan fingerprint density at radius 2 is 1.52 bits per heavy atom. The average molecular weight is 592 g/mol. The summed E-state index contributed by atoms with van der Waals surface area (Å²) in [5.74, 6) is -11.8. The van der Waals surface area contributed by atoms with Crippen LogP contribution >= 0.6 is 0 Å². The van der Waals surface area contributed by atoms with E-state index in [4.69, 9.17) is 0 Å². The molecule has 0 heterocycles. The van der Waals surface area contributed by atoms with Crippen LogP contribution in [0.15, 0.2) is 36.4 Å². The van der Waals surface area contributed by atoms with Crippen LogP contribution in [0, 0.1) is 17.5 Å². The van der Waals surface area contributed by atoms with Crippen molar-refractivity contribution in [3.8, 4) is 0 Å². The monoisotopic (exact) mass is 592 g/mol. The molecular formula is C24H16F12N2O2. The zero-order chi connectivity index (χ0) is 30.3. The Labute approximate surface area is 217 Å². The highest BCUT2D eigenvalue weighted by atomic mass is 19.4. The van der Waals surface area contributed by atoms with Gasteiger partial charge in [0.15, 0.2) is 17.5 Å². The van der Waals surface area contributed by atoms with E-state index in [0.717, 1.165) is 6.07 Å². The quantitative estimate of drug-likeness (QED) is 0.288. The van der Waals surface area contributed by atoms with Crippen molar-refractivity contribution < 1.29 is 62.3 Å².